The first-order chi connectivity index (χ1) is 8.72. The van der Waals surface area contributed by atoms with Gasteiger partial charge in [0, 0.05) is 10.0 Å². The zero-order valence-electron chi connectivity index (χ0n) is 9.13. The number of carbonyl (C=O) groups is 2. The Morgan fingerprint density at radius 3 is 3.06 bits per heavy atom. The van der Waals surface area contributed by atoms with Crippen LogP contribution in [0.4, 0.5) is 9.59 Å². The molecule has 2 rings (SSSR count). The Morgan fingerprint density at radius 2 is 2.39 bits per heavy atom. The maximum Gasteiger partial charge on any atom is 0.347 e. The number of azide groups is 1. The van der Waals surface area contributed by atoms with Crippen LogP contribution < -0.4 is 0 Å². The number of imide groups is 1. The molecule has 0 atom stereocenters. The van der Waals surface area contributed by atoms with E-state index in [1.165, 1.54) is 12.5 Å². The fourth-order valence-corrected chi connectivity index (χ4v) is 1.39. The molecule has 2 heterocycles. The largest absolute Gasteiger partial charge is 0.463 e. The molecule has 0 spiro atoms. The number of hydrogen-bond donors (Lipinski definition) is 0. The maximum atomic E-state index is 11.7. The smallest absolute Gasteiger partial charge is 0.347 e. The summed E-state index contributed by atoms with van der Waals surface area (Å²) in [5.74, 6) is 0.489. The molecule has 0 radical (unpaired) electrons. The molecule has 0 saturated carbocycles. The van der Waals surface area contributed by atoms with Crippen LogP contribution in [-0.4, -0.2) is 41.3 Å². The Morgan fingerprint density at radius 1 is 1.56 bits per heavy atom. The van der Waals surface area contributed by atoms with Crippen molar-refractivity contribution >= 4 is 18.3 Å². The number of amides is 4. The fraction of sp³-hybridized carbons (Fsp3) is 0.222. The van der Waals surface area contributed by atoms with E-state index in [1.807, 2.05) is 0 Å². The summed E-state index contributed by atoms with van der Waals surface area (Å²) in [6.45, 7) is 0.370. The van der Waals surface area contributed by atoms with Crippen LogP contribution in [0, 0.1) is 0 Å². The van der Waals surface area contributed by atoms with Gasteiger partial charge in [-0.05, 0) is 17.7 Å². The summed E-state index contributed by atoms with van der Waals surface area (Å²) in [7, 11) is 0. The highest BCUT2D eigenvalue weighted by Crippen LogP contribution is 2.10. The van der Waals surface area contributed by atoms with Crippen molar-refractivity contribution in [2.45, 2.75) is 0 Å². The van der Waals surface area contributed by atoms with Gasteiger partial charge in [-0.2, -0.15) is 5.10 Å². The highest BCUT2D eigenvalue weighted by molar-refractivity contribution is 5.95. The Hall–Kier alpha value is -2.80. The summed E-state index contributed by atoms with van der Waals surface area (Å²) >= 11 is 0. The Balaban J connectivity index is 2.03. The number of furan rings is 1. The van der Waals surface area contributed by atoms with E-state index >= 15 is 0 Å². The predicted octanol–water partition coefficient (Wildman–Crippen LogP) is 1.78. The lowest BCUT2D eigenvalue weighted by Gasteiger charge is -2.10. The minimum Gasteiger partial charge on any atom is -0.463 e. The van der Waals surface area contributed by atoms with Gasteiger partial charge in [0.05, 0.1) is 25.6 Å². The second kappa shape index (κ2) is 5.02. The number of rotatable bonds is 2. The van der Waals surface area contributed by atoms with Crippen molar-refractivity contribution in [1.82, 2.24) is 9.91 Å². The molecule has 1 saturated heterocycles. The van der Waals surface area contributed by atoms with Gasteiger partial charge < -0.3 is 4.42 Å². The standard InChI is InChI=1S/C9H8N6O3/c10-13-12-8(16)14-3-4-15(9(14)17)11-6-7-2-1-5-18-7/h1-2,5-6H,3-4H2/b11-6+. The molecular formula is C9H8N6O3. The van der Waals surface area contributed by atoms with Crippen LogP contribution in [0.1, 0.15) is 5.76 Å². The average Bonchev–Trinajstić information content (AvgIpc) is 2.96. The van der Waals surface area contributed by atoms with Crippen molar-refractivity contribution < 1.29 is 14.0 Å². The first kappa shape index (κ1) is 11.7. The summed E-state index contributed by atoms with van der Waals surface area (Å²) in [5, 5.41) is 7.82. The first-order valence-electron chi connectivity index (χ1n) is 4.98. The monoisotopic (exact) mass is 248 g/mol. The molecule has 1 fully saturated rings. The summed E-state index contributed by atoms with van der Waals surface area (Å²) in [6.07, 6.45) is 2.84. The number of hydrazone groups is 1. The van der Waals surface area contributed by atoms with Gasteiger partial charge in [-0.1, -0.05) is 0 Å². The van der Waals surface area contributed by atoms with Crippen LogP contribution in [0.5, 0.6) is 0 Å². The molecule has 0 N–H and O–H groups in total. The van der Waals surface area contributed by atoms with Crippen LogP contribution >= 0.6 is 0 Å². The quantitative estimate of drug-likeness (QED) is 0.343. The topological polar surface area (TPSA) is 115 Å². The number of urea groups is 2. The van der Waals surface area contributed by atoms with Crippen molar-refractivity contribution in [3.8, 4) is 0 Å². The van der Waals surface area contributed by atoms with Gasteiger partial charge in [-0.15, -0.1) is 0 Å². The minimum atomic E-state index is -0.932. The lowest BCUT2D eigenvalue weighted by atomic mass is 10.5. The van der Waals surface area contributed by atoms with Gasteiger partial charge in [-0.3, -0.25) is 9.69 Å². The van der Waals surface area contributed by atoms with E-state index in [4.69, 9.17) is 9.95 Å². The first-order valence-corrected chi connectivity index (χ1v) is 4.98. The Kier molecular flexibility index (Phi) is 3.26. The van der Waals surface area contributed by atoms with Crippen LogP contribution in [0.2, 0.25) is 0 Å². The third kappa shape index (κ3) is 2.30. The van der Waals surface area contributed by atoms with E-state index < -0.39 is 12.1 Å². The molecule has 1 aromatic rings. The zero-order valence-corrected chi connectivity index (χ0v) is 9.13. The lowest BCUT2D eigenvalue weighted by molar-refractivity contribution is 0.190. The van der Waals surface area contributed by atoms with Crippen LogP contribution in [0.3, 0.4) is 0 Å². The normalized spacial score (nSPS) is 15.2. The maximum absolute atomic E-state index is 11.7. The molecule has 9 nitrogen and oxygen atoms in total. The van der Waals surface area contributed by atoms with Gasteiger partial charge in [0.2, 0.25) is 0 Å². The van der Waals surface area contributed by atoms with Gasteiger partial charge in [-0.25, -0.2) is 9.80 Å². The van der Waals surface area contributed by atoms with Crippen molar-refractivity contribution in [3.05, 3.63) is 34.6 Å². The van der Waals surface area contributed by atoms with E-state index in [2.05, 4.69) is 15.1 Å². The van der Waals surface area contributed by atoms with Crippen molar-refractivity contribution in [2.75, 3.05) is 13.1 Å². The van der Waals surface area contributed by atoms with Crippen LogP contribution in [0.15, 0.2) is 33.0 Å². The summed E-state index contributed by atoms with van der Waals surface area (Å²) in [6, 6.07) is 1.80. The second-order valence-corrected chi connectivity index (χ2v) is 3.29. The van der Waals surface area contributed by atoms with Crippen LogP contribution in [0.25, 0.3) is 10.4 Å². The molecule has 9 heteroatoms. The van der Waals surface area contributed by atoms with Gasteiger partial charge in [0.1, 0.15) is 5.76 Å². The summed E-state index contributed by atoms with van der Waals surface area (Å²) in [5.41, 5.74) is 8.12. The van der Waals surface area contributed by atoms with Crippen LogP contribution in [-0.2, 0) is 0 Å². The SMILES string of the molecule is [N-]=[N+]=NC(=O)N1CCN(/N=C/c2ccco2)C1=O. The molecule has 1 aliphatic heterocycles. The van der Waals surface area contributed by atoms with Gasteiger partial charge in [0.25, 0.3) is 0 Å². The number of hydrogen-bond acceptors (Lipinski definition) is 4. The van der Waals surface area contributed by atoms with Gasteiger partial charge >= 0.3 is 12.1 Å². The highest BCUT2D eigenvalue weighted by Gasteiger charge is 2.32. The predicted molar refractivity (Wildman–Crippen MR) is 59.7 cm³/mol. The number of nitrogens with zero attached hydrogens (tertiary/aromatic N) is 6. The third-order valence-corrected chi connectivity index (χ3v) is 2.22. The van der Waals surface area contributed by atoms with Crippen molar-refractivity contribution in [3.63, 3.8) is 0 Å². The van der Waals surface area contributed by atoms with E-state index in [-0.39, 0.29) is 13.1 Å². The van der Waals surface area contributed by atoms with E-state index in [0.29, 0.717) is 5.76 Å². The molecule has 0 unspecified atom stereocenters. The van der Waals surface area contributed by atoms with Crippen molar-refractivity contribution in [2.24, 2.45) is 10.2 Å². The van der Waals surface area contributed by atoms with E-state index in [1.54, 1.807) is 12.1 Å². The minimum absolute atomic E-state index is 0.131. The zero-order chi connectivity index (χ0) is 13.0. The highest BCUT2D eigenvalue weighted by atomic mass is 16.3. The molecule has 0 bridgehead atoms. The third-order valence-electron chi connectivity index (χ3n) is 2.22. The molecule has 1 aliphatic rings. The van der Waals surface area contributed by atoms with E-state index in [9.17, 15) is 9.59 Å². The average molecular weight is 248 g/mol. The Labute approximate surface area is 101 Å². The van der Waals surface area contributed by atoms with Gasteiger partial charge in [0.15, 0.2) is 0 Å². The summed E-state index contributed by atoms with van der Waals surface area (Å²) in [4.78, 5) is 26.1. The van der Waals surface area contributed by atoms with E-state index in [0.717, 1.165) is 9.91 Å². The number of carbonyl (C=O) groups excluding carboxylic acids is 2. The van der Waals surface area contributed by atoms with Crippen molar-refractivity contribution in [1.29, 1.82) is 0 Å². The molecular weight excluding hydrogens is 240 g/mol. The molecule has 0 aliphatic carbocycles. The molecule has 92 valence electrons. The summed E-state index contributed by atoms with van der Waals surface area (Å²) < 4.78 is 5.01. The molecule has 18 heavy (non-hydrogen) atoms. The Bertz CT molecular complexity index is 531. The molecule has 0 aromatic carbocycles. The molecule has 1 aromatic heterocycles. The fourth-order valence-electron chi connectivity index (χ4n) is 1.39. The molecule has 4 amide bonds. The lowest BCUT2D eigenvalue weighted by Crippen LogP contribution is -2.32. The second-order valence-electron chi connectivity index (χ2n) is 3.29.